The number of hydrogen-bond donors (Lipinski definition) is 2. The Balaban J connectivity index is 1.81. The Morgan fingerprint density at radius 3 is 2.68 bits per heavy atom. The fraction of sp³-hybridized carbons (Fsp3) is 0.267. The van der Waals surface area contributed by atoms with Crippen LogP contribution in [0.5, 0.6) is 0 Å². The second-order valence-electron chi connectivity index (χ2n) is 4.44. The van der Waals surface area contributed by atoms with Crippen molar-refractivity contribution in [3.05, 3.63) is 57.8 Å². The normalized spacial score (nSPS) is 12.1. The fourth-order valence-electron chi connectivity index (χ4n) is 1.85. The van der Waals surface area contributed by atoms with Crippen LogP contribution in [-0.2, 0) is 0 Å². The molecule has 0 aliphatic carbocycles. The Hall–Kier alpha value is -1.65. The molecule has 0 aliphatic heterocycles. The smallest absolute Gasteiger partial charge is 0.252 e. The summed E-state index contributed by atoms with van der Waals surface area (Å²) in [7, 11) is 0. The first-order chi connectivity index (χ1) is 9.18. The number of hydrogen-bond acceptors (Lipinski definition) is 3. The first kappa shape index (κ1) is 13.8. The number of aliphatic hydroxyl groups excluding tert-OH is 1. The molecule has 1 aromatic heterocycles. The lowest BCUT2D eigenvalue weighted by Gasteiger charge is -2.11. The van der Waals surface area contributed by atoms with E-state index in [1.165, 1.54) is 11.3 Å². The minimum Gasteiger partial charge on any atom is -0.388 e. The van der Waals surface area contributed by atoms with E-state index in [2.05, 4.69) is 5.32 Å². The maximum atomic E-state index is 11.9. The van der Waals surface area contributed by atoms with Crippen LogP contribution in [0, 0.1) is 6.92 Å². The minimum atomic E-state index is -0.537. The van der Waals surface area contributed by atoms with Gasteiger partial charge in [0.25, 0.3) is 5.91 Å². The van der Waals surface area contributed by atoms with Gasteiger partial charge in [0, 0.05) is 11.9 Å². The standard InChI is InChI=1S/C15H17NO2S/c1-11-9-19-10-13(11)15(18)16-8-7-14(17)12-5-3-2-4-6-12/h2-6,9-10,14,17H,7-8H2,1H3,(H,16,18). The van der Waals surface area contributed by atoms with Crippen molar-refractivity contribution in [1.29, 1.82) is 0 Å². The van der Waals surface area contributed by atoms with E-state index in [0.717, 1.165) is 16.7 Å². The lowest BCUT2D eigenvalue weighted by molar-refractivity contribution is 0.0942. The first-order valence-corrected chi connectivity index (χ1v) is 7.17. The molecule has 0 bridgehead atoms. The lowest BCUT2D eigenvalue weighted by Crippen LogP contribution is -2.25. The van der Waals surface area contributed by atoms with Crippen molar-refractivity contribution < 1.29 is 9.90 Å². The van der Waals surface area contributed by atoms with E-state index in [0.29, 0.717) is 13.0 Å². The summed E-state index contributed by atoms with van der Waals surface area (Å²) in [6, 6.07) is 9.47. The predicted octanol–water partition coefficient (Wildman–Crippen LogP) is 2.91. The van der Waals surface area contributed by atoms with Crippen LogP contribution in [0.15, 0.2) is 41.1 Å². The molecule has 0 saturated carbocycles. The zero-order chi connectivity index (χ0) is 13.7. The van der Waals surface area contributed by atoms with Gasteiger partial charge in [0.15, 0.2) is 0 Å². The Bertz CT molecular complexity index is 536. The van der Waals surface area contributed by atoms with Gasteiger partial charge in [0.05, 0.1) is 11.7 Å². The number of amides is 1. The maximum absolute atomic E-state index is 11.9. The largest absolute Gasteiger partial charge is 0.388 e. The van der Waals surface area contributed by atoms with E-state index in [4.69, 9.17) is 0 Å². The van der Waals surface area contributed by atoms with E-state index in [9.17, 15) is 9.90 Å². The van der Waals surface area contributed by atoms with Crippen molar-refractivity contribution in [2.45, 2.75) is 19.4 Å². The maximum Gasteiger partial charge on any atom is 0.252 e. The molecule has 2 aromatic rings. The molecule has 0 spiro atoms. The Morgan fingerprint density at radius 2 is 2.05 bits per heavy atom. The predicted molar refractivity (Wildman–Crippen MR) is 77.4 cm³/mol. The third kappa shape index (κ3) is 3.66. The van der Waals surface area contributed by atoms with Crippen molar-refractivity contribution in [1.82, 2.24) is 5.32 Å². The Morgan fingerprint density at radius 1 is 1.32 bits per heavy atom. The molecule has 0 fully saturated rings. The number of aryl methyl sites for hydroxylation is 1. The van der Waals surface area contributed by atoms with Gasteiger partial charge in [-0.1, -0.05) is 30.3 Å². The number of carbonyl (C=O) groups excluding carboxylic acids is 1. The number of benzene rings is 1. The van der Waals surface area contributed by atoms with Crippen LogP contribution in [0.25, 0.3) is 0 Å². The van der Waals surface area contributed by atoms with Crippen LogP contribution >= 0.6 is 11.3 Å². The first-order valence-electron chi connectivity index (χ1n) is 6.22. The molecule has 4 heteroatoms. The number of aliphatic hydroxyl groups is 1. The monoisotopic (exact) mass is 275 g/mol. The molecule has 100 valence electrons. The van der Waals surface area contributed by atoms with Crippen molar-refractivity contribution >= 4 is 17.2 Å². The number of thiophene rings is 1. The second-order valence-corrected chi connectivity index (χ2v) is 5.18. The summed E-state index contributed by atoms with van der Waals surface area (Å²) in [4.78, 5) is 11.9. The molecule has 1 amide bonds. The van der Waals surface area contributed by atoms with Crippen molar-refractivity contribution in [2.24, 2.45) is 0 Å². The molecule has 2 rings (SSSR count). The van der Waals surface area contributed by atoms with Crippen LogP contribution in [0.4, 0.5) is 0 Å². The van der Waals surface area contributed by atoms with Gasteiger partial charge in [-0.05, 0) is 29.9 Å². The molecular weight excluding hydrogens is 258 g/mol. The summed E-state index contributed by atoms with van der Waals surface area (Å²) in [5.41, 5.74) is 2.59. The van der Waals surface area contributed by atoms with Crippen LogP contribution < -0.4 is 5.32 Å². The molecule has 1 atom stereocenters. The highest BCUT2D eigenvalue weighted by Crippen LogP contribution is 2.16. The van der Waals surface area contributed by atoms with E-state index in [-0.39, 0.29) is 5.91 Å². The summed E-state index contributed by atoms with van der Waals surface area (Å²) < 4.78 is 0. The summed E-state index contributed by atoms with van der Waals surface area (Å²) >= 11 is 1.52. The van der Waals surface area contributed by atoms with Gasteiger partial charge in [0.1, 0.15) is 0 Å². The average Bonchev–Trinajstić information content (AvgIpc) is 2.86. The quantitative estimate of drug-likeness (QED) is 0.881. The molecule has 19 heavy (non-hydrogen) atoms. The van der Waals surface area contributed by atoms with E-state index >= 15 is 0 Å². The van der Waals surface area contributed by atoms with Gasteiger partial charge in [0.2, 0.25) is 0 Å². The molecule has 2 N–H and O–H groups in total. The van der Waals surface area contributed by atoms with Gasteiger partial charge in [-0.25, -0.2) is 0 Å². The van der Waals surface area contributed by atoms with Gasteiger partial charge in [-0.3, -0.25) is 4.79 Å². The Kier molecular flexibility index (Phi) is 4.71. The topological polar surface area (TPSA) is 49.3 Å². The SMILES string of the molecule is Cc1cscc1C(=O)NCCC(O)c1ccccc1. The lowest BCUT2D eigenvalue weighted by atomic mass is 10.1. The second kappa shape index (κ2) is 6.50. The van der Waals surface area contributed by atoms with Gasteiger partial charge in [-0.2, -0.15) is 11.3 Å². The molecule has 0 aliphatic rings. The Labute approximate surface area is 116 Å². The van der Waals surface area contributed by atoms with E-state index in [1.807, 2.05) is 48.0 Å². The highest BCUT2D eigenvalue weighted by atomic mass is 32.1. The molecule has 1 heterocycles. The minimum absolute atomic E-state index is 0.0704. The van der Waals surface area contributed by atoms with Crippen LogP contribution in [0.1, 0.15) is 34.0 Å². The third-order valence-corrected chi connectivity index (χ3v) is 3.85. The summed E-state index contributed by atoms with van der Waals surface area (Å²) in [6.45, 7) is 2.38. The number of rotatable bonds is 5. The zero-order valence-corrected chi connectivity index (χ0v) is 11.6. The highest BCUT2D eigenvalue weighted by molar-refractivity contribution is 7.08. The highest BCUT2D eigenvalue weighted by Gasteiger charge is 2.11. The van der Waals surface area contributed by atoms with E-state index < -0.39 is 6.10 Å². The molecular formula is C15H17NO2S. The van der Waals surface area contributed by atoms with Crippen LogP contribution in [0.2, 0.25) is 0 Å². The van der Waals surface area contributed by atoms with Crippen LogP contribution in [0.3, 0.4) is 0 Å². The van der Waals surface area contributed by atoms with Gasteiger partial charge >= 0.3 is 0 Å². The molecule has 1 aromatic carbocycles. The van der Waals surface area contributed by atoms with Crippen molar-refractivity contribution in [3.8, 4) is 0 Å². The molecule has 0 radical (unpaired) electrons. The molecule has 0 saturated heterocycles. The van der Waals surface area contributed by atoms with Crippen LogP contribution in [-0.4, -0.2) is 17.6 Å². The number of nitrogens with one attached hydrogen (secondary N) is 1. The third-order valence-electron chi connectivity index (χ3n) is 2.99. The van der Waals surface area contributed by atoms with Gasteiger partial charge < -0.3 is 10.4 Å². The van der Waals surface area contributed by atoms with Crippen molar-refractivity contribution in [2.75, 3.05) is 6.54 Å². The average molecular weight is 275 g/mol. The summed E-state index contributed by atoms with van der Waals surface area (Å²) in [5.74, 6) is -0.0704. The summed E-state index contributed by atoms with van der Waals surface area (Å²) in [6.07, 6.45) is -0.0241. The summed E-state index contributed by atoms with van der Waals surface area (Å²) in [5, 5.41) is 16.6. The molecule has 1 unspecified atom stereocenters. The number of carbonyl (C=O) groups is 1. The fourth-order valence-corrected chi connectivity index (χ4v) is 2.68. The van der Waals surface area contributed by atoms with Gasteiger partial charge in [-0.15, -0.1) is 0 Å². The zero-order valence-electron chi connectivity index (χ0n) is 10.8. The van der Waals surface area contributed by atoms with E-state index in [1.54, 1.807) is 0 Å². The molecule has 3 nitrogen and oxygen atoms in total. The van der Waals surface area contributed by atoms with Crippen molar-refractivity contribution in [3.63, 3.8) is 0 Å².